The number of benzene rings is 1. The van der Waals surface area contributed by atoms with E-state index in [-0.39, 0.29) is 11.5 Å². The average Bonchev–Trinajstić information content (AvgIpc) is 2.79. The van der Waals surface area contributed by atoms with E-state index in [1.165, 1.54) is 6.07 Å². The predicted octanol–water partition coefficient (Wildman–Crippen LogP) is 1.88. The maximum atomic E-state index is 13.6. The topological polar surface area (TPSA) is 101 Å². The molecule has 4 N–H and O–H groups in total. The van der Waals surface area contributed by atoms with Gasteiger partial charge in [0.15, 0.2) is 5.82 Å². The summed E-state index contributed by atoms with van der Waals surface area (Å²) in [6.07, 6.45) is 1.65. The summed E-state index contributed by atoms with van der Waals surface area (Å²) < 4.78 is 40.0. The van der Waals surface area contributed by atoms with Crippen LogP contribution in [0.5, 0.6) is 0 Å². The summed E-state index contributed by atoms with van der Waals surface area (Å²) in [6, 6.07) is 4.95. The third kappa shape index (κ3) is 3.08. The number of anilines is 2. The van der Waals surface area contributed by atoms with Crippen molar-refractivity contribution in [1.82, 2.24) is 10.2 Å². The molecule has 1 heterocycles. The van der Waals surface area contributed by atoms with Crippen LogP contribution >= 0.6 is 0 Å². The molecule has 0 aliphatic heterocycles. The SMILES string of the molecule is CCCc1cc(NS(=O)(=O)c2cc(N)ccc2F)n[nH]1. The Morgan fingerprint density at radius 2 is 2.15 bits per heavy atom. The molecule has 108 valence electrons. The average molecular weight is 298 g/mol. The molecule has 8 heteroatoms. The Hall–Kier alpha value is -2.09. The predicted molar refractivity (Wildman–Crippen MR) is 74.2 cm³/mol. The van der Waals surface area contributed by atoms with E-state index in [1.54, 1.807) is 6.07 Å². The molecule has 0 atom stereocenters. The summed E-state index contributed by atoms with van der Waals surface area (Å²) >= 11 is 0. The first-order valence-corrected chi connectivity index (χ1v) is 7.53. The minimum Gasteiger partial charge on any atom is -0.399 e. The highest BCUT2D eigenvalue weighted by molar-refractivity contribution is 7.92. The number of nitrogens with two attached hydrogens (primary N) is 1. The molecular formula is C12H15FN4O2S. The smallest absolute Gasteiger partial charge is 0.266 e. The maximum Gasteiger partial charge on any atom is 0.266 e. The van der Waals surface area contributed by atoms with Gasteiger partial charge in [0.25, 0.3) is 10.0 Å². The Balaban J connectivity index is 2.28. The van der Waals surface area contributed by atoms with E-state index in [4.69, 9.17) is 5.73 Å². The van der Waals surface area contributed by atoms with E-state index < -0.39 is 20.7 Å². The van der Waals surface area contributed by atoms with Gasteiger partial charge < -0.3 is 5.73 Å². The molecule has 0 radical (unpaired) electrons. The Morgan fingerprint density at radius 3 is 2.85 bits per heavy atom. The molecule has 6 nitrogen and oxygen atoms in total. The van der Waals surface area contributed by atoms with Crippen molar-refractivity contribution >= 4 is 21.5 Å². The van der Waals surface area contributed by atoms with Gasteiger partial charge in [0.05, 0.1) is 0 Å². The molecule has 1 aromatic carbocycles. The monoisotopic (exact) mass is 298 g/mol. The van der Waals surface area contributed by atoms with Crippen LogP contribution in [0.15, 0.2) is 29.2 Å². The third-order valence-corrected chi connectivity index (χ3v) is 4.00. The van der Waals surface area contributed by atoms with E-state index in [2.05, 4.69) is 14.9 Å². The quantitative estimate of drug-likeness (QED) is 0.734. The number of nitrogen functional groups attached to an aromatic ring is 1. The summed E-state index contributed by atoms with van der Waals surface area (Å²) in [4.78, 5) is -0.502. The van der Waals surface area contributed by atoms with Gasteiger partial charge in [-0.2, -0.15) is 5.10 Å². The number of sulfonamides is 1. The number of aromatic nitrogens is 2. The van der Waals surface area contributed by atoms with Crippen molar-refractivity contribution in [2.75, 3.05) is 10.5 Å². The highest BCUT2D eigenvalue weighted by Crippen LogP contribution is 2.20. The Morgan fingerprint density at radius 1 is 1.40 bits per heavy atom. The van der Waals surface area contributed by atoms with Gasteiger partial charge in [-0.3, -0.25) is 9.82 Å². The van der Waals surface area contributed by atoms with Crippen molar-refractivity contribution in [2.24, 2.45) is 0 Å². The van der Waals surface area contributed by atoms with E-state index in [0.29, 0.717) is 0 Å². The Labute approximate surface area is 116 Å². The van der Waals surface area contributed by atoms with Crippen LogP contribution in [0.25, 0.3) is 0 Å². The largest absolute Gasteiger partial charge is 0.399 e. The normalized spacial score (nSPS) is 11.5. The standard InChI is InChI=1S/C12H15FN4O2S/c1-2-3-9-7-12(16-15-9)17-20(18,19)11-6-8(14)4-5-10(11)13/h4-7H,2-3,14H2,1H3,(H2,15,16,17). The van der Waals surface area contributed by atoms with Gasteiger partial charge in [-0.15, -0.1) is 0 Å². The minimum absolute atomic E-state index is 0.121. The third-order valence-electron chi connectivity index (χ3n) is 2.63. The highest BCUT2D eigenvalue weighted by atomic mass is 32.2. The maximum absolute atomic E-state index is 13.6. The van der Waals surface area contributed by atoms with Crippen LogP contribution < -0.4 is 10.5 Å². The minimum atomic E-state index is -4.06. The van der Waals surface area contributed by atoms with Gasteiger partial charge in [-0.1, -0.05) is 13.3 Å². The van der Waals surface area contributed by atoms with Crippen molar-refractivity contribution < 1.29 is 12.8 Å². The molecule has 0 aliphatic rings. The van der Waals surface area contributed by atoms with E-state index in [9.17, 15) is 12.8 Å². The molecule has 0 saturated heterocycles. The van der Waals surface area contributed by atoms with Crippen molar-refractivity contribution in [3.05, 3.63) is 35.8 Å². The number of aromatic amines is 1. The number of aryl methyl sites for hydroxylation is 1. The number of H-pyrrole nitrogens is 1. The van der Waals surface area contributed by atoms with Crippen molar-refractivity contribution in [2.45, 2.75) is 24.7 Å². The van der Waals surface area contributed by atoms with Crippen LogP contribution in [0.4, 0.5) is 15.9 Å². The summed E-state index contributed by atoms with van der Waals surface area (Å²) in [7, 11) is -4.06. The Bertz CT molecular complexity index is 712. The van der Waals surface area contributed by atoms with Crippen LogP contribution in [-0.4, -0.2) is 18.6 Å². The molecule has 1 aromatic heterocycles. The lowest BCUT2D eigenvalue weighted by atomic mass is 10.2. The van der Waals surface area contributed by atoms with Crippen LogP contribution in [0.3, 0.4) is 0 Å². The molecule has 0 bridgehead atoms. The van der Waals surface area contributed by atoms with Crippen molar-refractivity contribution in [3.8, 4) is 0 Å². The van der Waals surface area contributed by atoms with E-state index in [0.717, 1.165) is 30.7 Å². The molecule has 0 saturated carbocycles. The lowest BCUT2D eigenvalue weighted by Crippen LogP contribution is -2.15. The molecule has 2 aromatic rings. The Kier molecular flexibility index (Phi) is 3.93. The highest BCUT2D eigenvalue weighted by Gasteiger charge is 2.20. The molecule has 0 spiro atoms. The zero-order chi connectivity index (χ0) is 14.8. The van der Waals surface area contributed by atoms with Crippen LogP contribution in [0.2, 0.25) is 0 Å². The fourth-order valence-electron chi connectivity index (χ4n) is 1.73. The molecule has 0 aliphatic carbocycles. The molecular weight excluding hydrogens is 283 g/mol. The van der Waals surface area contributed by atoms with Gasteiger partial charge >= 0.3 is 0 Å². The number of hydrogen-bond acceptors (Lipinski definition) is 4. The zero-order valence-electron chi connectivity index (χ0n) is 10.9. The van der Waals surface area contributed by atoms with Crippen LogP contribution in [0.1, 0.15) is 19.0 Å². The second kappa shape index (κ2) is 5.49. The van der Waals surface area contributed by atoms with Gasteiger partial charge in [0.1, 0.15) is 10.7 Å². The van der Waals surface area contributed by atoms with Crippen molar-refractivity contribution in [1.29, 1.82) is 0 Å². The second-order valence-electron chi connectivity index (χ2n) is 4.32. The first-order chi connectivity index (χ1) is 9.42. The van der Waals surface area contributed by atoms with Gasteiger partial charge in [0, 0.05) is 17.4 Å². The molecule has 0 unspecified atom stereocenters. The molecule has 0 fully saturated rings. The summed E-state index contributed by atoms with van der Waals surface area (Å²) in [6.45, 7) is 1.99. The second-order valence-corrected chi connectivity index (χ2v) is 5.97. The molecule has 2 rings (SSSR count). The first kappa shape index (κ1) is 14.3. The molecule has 20 heavy (non-hydrogen) atoms. The van der Waals surface area contributed by atoms with Gasteiger partial charge in [-0.25, -0.2) is 12.8 Å². The van der Waals surface area contributed by atoms with E-state index >= 15 is 0 Å². The lowest BCUT2D eigenvalue weighted by Gasteiger charge is -2.07. The number of nitrogens with zero attached hydrogens (tertiary/aromatic N) is 1. The lowest BCUT2D eigenvalue weighted by molar-refractivity contribution is 0.570. The fraction of sp³-hybridized carbons (Fsp3) is 0.250. The van der Waals surface area contributed by atoms with E-state index in [1.807, 2.05) is 6.92 Å². The number of rotatable bonds is 5. The fourth-order valence-corrected chi connectivity index (χ4v) is 2.84. The van der Waals surface area contributed by atoms with Gasteiger partial charge in [0.2, 0.25) is 0 Å². The first-order valence-electron chi connectivity index (χ1n) is 6.04. The summed E-state index contributed by atoms with van der Waals surface area (Å²) in [5.74, 6) is -0.744. The number of halogens is 1. The number of hydrogen-bond donors (Lipinski definition) is 3. The summed E-state index contributed by atoms with van der Waals surface area (Å²) in [5.41, 5.74) is 6.45. The number of nitrogens with one attached hydrogen (secondary N) is 2. The van der Waals surface area contributed by atoms with Crippen molar-refractivity contribution in [3.63, 3.8) is 0 Å². The molecule has 0 amide bonds. The van der Waals surface area contributed by atoms with Gasteiger partial charge in [-0.05, 0) is 24.6 Å². The van der Waals surface area contributed by atoms with Crippen LogP contribution in [0, 0.1) is 5.82 Å². The summed E-state index contributed by atoms with van der Waals surface area (Å²) in [5, 5.41) is 6.54. The van der Waals surface area contributed by atoms with Crippen LogP contribution in [-0.2, 0) is 16.4 Å². The zero-order valence-corrected chi connectivity index (χ0v) is 11.7.